The number of rotatable bonds is 1. The van der Waals surface area contributed by atoms with Gasteiger partial charge in [0.25, 0.3) is 0 Å². The molecule has 0 aromatic heterocycles. The van der Waals surface area contributed by atoms with Gasteiger partial charge in [0.05, 0.1) is 6.17 Å². The van der Waals surface area contributed by atoms with E-state index in [-0.39, 0.29) is 6.17 Å². The molecule has 3 heteroatoms. The molecule has 0 radical (unpaired) electrons. The fourth-order valence-electron chi connectivity index (χ4n) is 1.16. The summed E-state index contributed by atoms with van der Waals surface area (Å²) in [4.78, 5) is 2.27. The smallest absolute Gasteiger partial charge is 0.0700 e. The molecule has 1 aliphatic rings. The molecule has 0 amide bonds. The average molecular weight is 129 g/mol. The lowest BCUT2D eigenvalue weighted by Crippen LogP contribution is -2.55. The van der Waals surface area contributed by atoms with Crippen LogP contribution in [0.2, 0.25) is 0 Å². The quantitative estimate of drug-likeness (QED) is 0.487. The molecule has 1 aliphatic heterocycles. The third kappa shape index (κ3) is 1.64. The molecule has 3 N–H and O–H groups in total. The van der Waals surface area contributed by atoms with Crippen LogP contribution in [0.15, 0.2) is 0 Å². The summed E-state index contributed by atoms with van der Waals surface area (Å²) in [6.45, 7) is 6.33. The van der Waals surface area contributed by atoms with Crippen LogP contribution in [0.25, 0.3) is 0 Å². The Morgan fingerprint density at radius 1 is 1.78 bits per heavy atom. The molecule has 1 atom stereocenters. The van der Waals surface area contributed by atoms with Crippen molar-refractivity contribution < 1.29 is 0 Å². The van der Waals surface area contributed by atoms with Crippen molar-refractivity contribution in [3.05, 3.63) is 0 Å². The normalized spacial score (nSPS) is 30.7. The van der Waals surface area contributed by atoms with Crippen molar-refractivity contribution in [2.75, 3.05) is 26.2 Å². The summed E-state index contributed by atoms with van der Waals surface area (Å²) in [5.74, 6) is 0. The van der Waals surface area contributed by atoms with E-state index in [0.29, 0.717) is 0 Å². The van der Waals surface area contributed by atoms with E-state index in [1.165, 1.54) is 0 Å². The van der Waals surface area contributed by atoms with Gasteiger partial charge in [-0.1, -0.05) is 6.92 Å². The van der Waals surface area contributed by atoms with Crippen LogP contribution in [0.1, 0.15) is 6.92 Å². The molecule has 1 heterocycles. The Morgan fingerprint density at radius 3 is 3.00 bits per heavy atom. The van der Waals surface area contributed by atoms with E-state index >= 15 is 0 Å². The first-order valence-electron chi connectivity index (χ1n) is 3.55. The second kappa shape index (κ2) is 3.15. The molecule has 1 rings (SSSR count). The first-order chi connectivity index (χ1) is 4.34. The number of hydrogen-bond acceptors (Lipinski definition) is 3. The van der Waals surface area contributed by atoms with Gasteiger partial charge in [-0.15, -0.1) is 0 Å². The molecule has 1 saturated heterocycles. The van der Waals surface area contributed by atoms with Gasteiger partial charge < -0.3 is 11.1 Å². The predicted octanol–water partition coefficient (Wildman–Crippen LogP) is -0.804. The monoisotopic (exact) mass is 129 g/mol. The molecule has 9 heavy (non-hydrogen) atoms. The van der Waals surface area contributed by atoms with Crippen molar-refractivity contribution in [2.24, 2.45) is 5.73 Å². The SMILES string of the molecule is CCN1CCNCC1N. The summed E-state index contributed by atoms with van der Waals surface area (Å²) in [5.41, 5.74) is 5.75. The Bertz CT molecular complexity index is 84.4. The highest BCUT2D eigenvalue weighted by atomic mass is 15.3. The fraction of sp³-hybridized carbons (Fsp3) is 1.00. The van der Waals surface area contributed by atoms with Gasteiger partial charge in [0.1, 0.15) is 0 Å². The lowest BCUT2D eigenvalue weighted by atomic mass is 10.3. The van der Waals surface area contributed by atoms with E-state index in [4.69, 9.17) is 5.73 Å². The molecule has 0 aliphatic carbocycles. The van der Waals surface area contributed by atoms with Gasteiger partial charge in [0, 0.05) is 19.6 Å². The second-order valence-electron chi connectivity index (χ2n) is 2.40. The lowest BCUT2D eigenvalue weighted by Gasteiger charge is -2.32. The molecule has 1 unspecified atom stereocenters. The third-order valence-electron chi connectivity index (χ3n) is 1.80. The van der Waals surface area contributed by atoms with Gasteiger partial charge >= 0.3 is 0 Å². The van der Waals surface area contributed by atoms with E-state index in [1.54, 1.807) is 0 Å². The number of nitrogens with two attached hydrogens (primary N) is 1. The molecule has 54 valence electrons. The van der Waals surface area contributed by atoms with Gasteiger partial charge in [-0.05, 0) is 6.54 Å². The largest absolute Gasteiger partial charge is 0.315 e. The number of nitrogens with zero attached hydrogens (tertiary/aromatic N) is 1. The van der Waals surface area contributed by atoms with Crippen molar-refractivity contribution in [1.29, 1.82) is 0 Å². The van der Waals surface area contributed by atoms with E-state index in [1.807, 2.05) is 0 Å². The molecule has 0 bridgehead atoms. The number of nitrogens with one attached hydrogen (secondary N) is 1. The highest BCUT2D eigenvalue weighted by Gasteiger charge is 2.14. The molecular formula is C6H15N3. The third-order valence-corrected chi connectivity index (χ3v) is 1.80. The highest BCUT2D eigenvalue weighted by Crippen LogP contribution is 1.94. The van der Waals surface area contributed by atoms with Crippen LogP contribution < -0.4 is 11.1 Å². The summed E-state index contributed by atoms with van der Waals surface area (Å²) in [7, 11) is 0. The van der Waals surface area contributed by atoms with Crippen LogP contribution in [0, 0.1) is 0 Å². The molecule has 0 aromatic rings. The molecule has 0 saturated carbocycles. The first kappa shape index (κ1) is 6.99. The zero-order valence-electron chi connectivity index (χ0n) is 5.93. The van der Waals surface area contributed by atoms with Gasteiger partial charge in [0.2, 0.25) is 0 Å². The lowest BCUT2D eigenvalue weighted by molar-refractivity contribution is 0.174. The van der Waals surface area contributed by atoms with Crippen LogP contribution in [-0.2, 0) is 0 Å². The van der Waals surface area contributed by atoms with E-state index in [9.17, 15) is 0 Å². The van der Waals surface area contributed by atoms with Crippen LogP contribution in [0.3, 0.4) is 0 Å². The van der Waals surface area contributed by atoms with Gasteiger partial charge in [-0.25, -0.2) is 0 Å². The second-order valence-corrected chi connectivity index (χ2v) is 2.40. The summed E-state index contributed by atoms with van der Waals surface area (Å²) >= 11 is 0. The van der Waals surface area contributed by atoms with Gasteiger partial charge in [-0.3, -0.25) is 4.90 Å². The van der Waals surface area contributed by atoms with E-state index in [0.717, 1.165) is 26.2 Å². The Balaban J connectivity index is 2.30. The maximum atomic E-state index is 5.75. The number of likely N-dealkylation sites (N-methyl/N-ethyl adjacent to an activating group) is 1. The van der Waals surface area contributed by atoms with Crippen molar-refractivity contribution in [3.63, 3.8) is 0 Å². The Labute approximate surface area is 56.2 Å². The maximum Gasteiger partial charge on any atom is 0.0700 e. The molecule has 0 aromatic carbocycles. The molecule has 1 fully saturated rings. The van der Waals surface area contributed by atoms with E-state index in [2.05, 4.69) is 17.1 Å². The van der Waals surface area contributed by atoms with Crippen LogP contribution in [0.4, 0.5) is 0 Å². The first-order valence-corrected chi connectivity index (χ1v) is 3.55. The zero-order chi connectivity index (χ0) is 6.69. The minimum atomic E-state index is 0.240. The van der Waals surface area contributed by atoms with Crippen molar-refractivity contribution in [1.82, 2.24) is 10.2 Å². The topological polar surface area (TPSA) is 41.3 Å². The number of piperazine rings is 1. The summed E-state index contributed by atoms with van der Waals surface area (Å²) in [6, 6.07) is 0. The Kier molecular flexibility index (Phi) is 2.45. The minimum absolute atomic E-state index is 0.240. The van der Waals surface area contributed by atoms with E-state index < -0.39 is 0 Å². The molecule has 3 nitrogen and oxygen atoms in total. The van der Waals surface area contributed by atoms with Crippen molar-refractivity contribution in [2.45, 2.75) is 13.1 Å². The Hall–Kier alpha value is -0.120. The van der Waals surface area contributed by atoms with Crippen LogP contribution in [0.5, 0.6) is 0 Å². The predicted molar refractivity (Wildman–Crippen MR) is 38.1 cm³/mol. The van der Waals surface area contributed by atoms with Crippen LogP contribution in [-0.4, -0.2) is 37.2 Å². The highest BCUT2D eigenvalue weighted by molar-refractivity contribution is 4.73. The molecular weight excluding hydrogens is 114 g/mol. The van der Waals surface area contributed by atoms with Crippen LogP contribution >= 0.6 is 0 Å². The standard InChI is InChI=1S/C6H15N3/c1-2-9-4-3-8-5-6(9)7/h6,8H,2-5,7H2,1H3. The summed E-state index contributed by atoms with van der Waals surface area (Å²) in [6.07, 6.45) is 0.240. The average Bonchev–Trinajstić information content (AvgIpc) is 1.89. The van der Waals surface area contributed by atoms with Crippen molar-refractivity contribution in [3.8, 4) is 0 Å². The minimum Gasteiger partial charge on any atom is -0.315 e. The maximum absolute atomic E-state index is 5.75. The molecule has 0 spiro atoms. The fourth-order valence-corrected chi connectivity index (χ4v) is 1.16. The Morgan fingerprint density at radius 2 is 2.56 bits per heavy atom. The zero-order valence-corrected chi connectivity index (χ0v) is 5.93. The van der Waals surface area contributed by atoms with Crippen molar-refractivity contribution >= 4 is 0 Å². The van der Waals surface area contributed by atoms with Gasteiger partial charge in [0.15, 0.2) is 0 Å². The number of hydrogen-bond donors (Lipinski definition) is 2. The van der Waals surface area contributed by atoms with Gasteiger partial charge in [-0.2, -0.15) is 0 Å². The summed E-state index contributed by atoms with van der Waals surface area (Å²) in [5, 5.41) is 3.23. The summed E-state index contributed by atoms with van der Waals surface area (Å²) < 4.78 is 0.